The van der Waals surface area contributed by atoms with Gasteiger partial charge in [0.15, 0.2) is 0 Å². The minimum Gasteiger partial charge on any atom is -0.380 e. The Balaban J connectivity index is 2.41. The number of rotatable bonds is 4. The molecular weight excluding hydrogens is 226 g/mol. The molecule has 0 amide bonds. The van der Waals surface area contributed by atoms with Crippen LogP contribution >= 0.6 is 22.7 Å². The number of aliphatic hydroxyl groups is 1. The van der Waals surface area contributed by atoms with Crippen LogP contribution in [0.3, 0.4) is 0 Å². The first-order valence-corrected chi connectivity index (χ1v) is 6.64. The van der Waals surface area contributed by atoms with Gasteiger partial charge in [-0.2, -0.15) is 22.7 Å². The van der Waals surface area contributed by atoms with E-state index in [2.05, 4.69) is 0 Å². The second kappa shape index (κ2) is 4.45. The van der Waals surface area contributed by atoms with E-state index in [0.717, 1.165) is 11.1 Å². The van der Waals surface area contributed by atoms with Crippen molar-refractivity contribution in [1.29, 1.82) is 0 Å². The molecule has 15 heavy (non-hydrogen) atoms. The van der Waals surface area contributed by atoms with Crippen molar-refractivity contribution >= 4 is 22.7 Å². The quantitative estimate of drug-likeness (QED) is 0.860. The third-order valence-corrected chi connectivity index (χ3v) is 3.87. The molecule has 2 nitrogen and oxygen atoms in total. The summed E-state index contributed by atoms with van der Waals surface area (Å²) < 4.78 is 0. The lowest BCUT2D eigenvalue weighted by atomic mass is 9.87. The first-order chi connectivity index (χ1) is 7.27. The van der Waals surface area contributed by atoms with E-state index in [4.69, 9.17) is 5.73 Å². The number of nitrogens with two attached hydrogens (primary N) is 1. The topological polar surface area (TPSA) is 46.2 Å². The van der Waals surface area contributed by atoms with Gasteiger partial charge in [-0.15, -0.1) is 0 Å². The third kappa shape index (κ3) is 1.99. The van der Waals surface area contributed by atoms with Crippen LogP contribution in [0.1, 0.15) is 17.5 Å². The Bertz CT molecular complexity index is 360. The average Bonchev–Trinajstić information content (AvgIpc) is 2.92. The van der Waals surface area contributed by atoms with E-state index >= 15 is 0 Å². The average molecular weight is 239 g/mol. The molecule has 0 saturated carbocycles. The van der Waals surface area contributed by atoms with E-state index in [9.17, 15) is 5.11 Å². The van der Waals surface area contributed by atoms with Crippen LogP contribution in [0.5, 0.6) is 0 Å². The minimum absolute atomic E-state index is 0.474. The second-order valence-corrected chi connectivity index (χ2v) is 4.98. The standard InChI is InChI=1S/C11H13NOS2/c12-4-3-11(13,9-1-5-14-7-9)10-2-6-15-8-10/h1-2,5-8,13H,3-4,12H2. The zero-order chi connectivity index (χ0) is 10.7. The summed E-state index contributed by atoms with van der Waals surface area (Å²) in [6.07, 6.45) is 0.556. The summed E-state index contributed by atoms with van der Waals surface area (Å²) in [7, 11) is 0. The van der Waals surface area contributed by atoms with Gasteiger partial charge < -0.3 is 10.8 Å². The maximum absolute atomic E-state index is 10.7. The van der Waals surface area contributed by atoms with Crippen molar-refractivity contribution in [3.8, 4) is 0 Å². The second-order valence-electron chi connectivity index (χ2n) is 3.42. The van der Waals surface area contributed by atoms with Gasteiger partial charge in [-0.3, -0.25) is 0 Å². The fourth-order valence-electron chi connectivity index (χ4n) is 1.66. The first-order valence-electron chi connectivity index (χ1n) is 4.75. The van der Waals surface area contributed by atoms with E-state index in [0.29, 0.717) is 13.0 Å². The predicted octanol–water partition coefficient (Wildman–Crippen LogP) is 2.39. The fourth-order valence-corrected chi connectivity index (χ4v) is 3.11. The zero-order valence-electron chi connectivity index (χ0n) is 8.22. The summed E-state index contributed by atoms with van der Waals surface area (Å²) in [6, 6.07) is 3.91. The molecule has 0 fully saturated rings. The van der Waals surface area contributed by atoms with Crippen molar-refractivity contribution in [2.45, 2.75) is 12.0 Å². The normalized spacial score (nSPS) is 11.9. The van der Waals surface area contributed by atoms with E-state index in [1.165, 1.54) is 0 Å². The molecule has 80 valence electrons. The maximum atomic E-state index is 10.7. The van der Waals surface area contributed by atoms with Crippen LogP contribution < -0.4 is 5.73 Å². The van der Waals surface area contributed by atoms with Gasteiger partial charge in [-0.05, 0) is 57.7 Å². The number of thiophene rings is 2. The van der Waals surface area contributed by atoms with Gasteiger partial charge in [-0.25, -0.2) is 0 Å². The van der Waals surface area contributed by atoms with E-state index < -0.39 is 5.60 Å². The van der Waals surface area contributed by atoms with Gasteiger partial charge in [0.05, 0.1) is 0 Å². The lowest BCUT2D eigenvalue weighted by Crippen LogP contribution is -2.29. The van der Waals surface area contributed by atoms with Crippen LogP contribution in [0.4, 0.5) is 0 Å². The molecule has 0 aliphatic heterocycles. The van der Waals surface area contributed by atoms with Crippen LogP contribution in [0.15, 0.2) is 33.7 Å². The molecule has 0 aromatic carbocycles. The van der Waals surface area contributed by atoms with Gasteiger partial charge in [0.2, 0.25) is 0 Å². The SMILES string of the molecule is NCCC(O)(c1ccsc1)c1ccsc1. The highest BCUT2D eigenvalue weighted by atomic mass is 32.1. The van der Waals surface area contributed by atoms with Crippen molar-refractivity contribution in [2.24, 2.45) is 5.73 Å². The molecular formula is C11H13NOS2. The molecule has 0 radical (unpaired) electrons. The van der Waals surface area contributed by atoms with Crippen molar-refractivity contribution < 1.29 is 5.11 Å². The van der Waals surface area contributed by atoms with Crippen molar-refractivity contribution in [2.75, 3.05) is 6.54 Å². The summed E-state index contributed by atoms with van der Waals surface area (Å²) in [6.45, 7) is 0.474. The summed E-state index contributed by atoms with van der Waals surface area (Å²) >= 11 is 3.18. The van der Waals surface area contributed by atoms with E-state index in [1.807, 2.05) is 33.7 Å². The smallest absolute Gasteiger partial charge is 0.117 e. The molecule has 0 atom stereocenters. The molecule has 0 bridgehead atoms. The lowest BCUT2D eigenvalue weighted by Gasteiger charge is -2.26. The fraction of sp³-hybridized carbons (Fsp3) is 0.273. The molecule has 2 aromatic rings. The van der Waals surface area contributed by atoms with Gasteiger partial charge in [0, 0.05) is 0 Å². The minimum atomic E-state index is -0.908. The highest BCUT2D eigenvalue weighted by molar-refractivity contribution is 7.08. The Hall–Kier alpha value is -0.680. The van der Waals surface area contributed by atoms with Crippen molar-refractivity contribution in [1.82, 2.24) is 0 Å². The van der Waals surface area contributed by atoms with Crippen LogP contribution in [-0.4, -0.2) is 11.7 Å². The van der Waals surface area contributed by atoms with Crippen LogP contribution in [0.25, 0.3) is 0 Å². The van der Waals surface area contributed by atoms with Gasteiger partial charge in [0.1, 0.15) is 5.60 Å². The molecule has 3 N–H and O–H groups in total. The van der Waals surface area contributed by atoms with Crippen LogP contribution in [0.2, 0.25) is 0 Å². The van der Waals surface area contributed by atoms with Gasteiger partial charge >= 0.3 is 0 Å². The highest BCUT2D eigenvalue weighted by Crippen LogP contribution is 2.34. The van der Waals surface area contributed by atoms with E-state index in [-0.39, 0.29) is 0 Å². The van der Waals surface area contributed by atoms with Crippen LogP contribution in [-0.2, 0) is 5.60 Å². The summed E-state index contributed by atoms with van der Waals surface area (Å²) in [5.41, 5.74) is 6.55. The molecule has 0 spiro atoms. The molecule has 2 heterocycles. The Kier molecular flexibility index (Phi) is 3.21. The number of hydrogen-bond donors (Lipinski definition) is 2. The maximum Gasteiger partial charge on any atom is 0.117 e. The Morgan fingerprint density at radius 2 is 1.67 bits per heavy atom. The lowest BCUT2D eigenvalue weighted by molar-refractivity contribution is 0.0746. The summed E-state index contributed by atoms with van der Waals surface area (Å²) in [5, 5.41) is 18.6. The van der Waals surface area contributed by atoms with E-state index in [1.54, 1.807) is 22.7 Å². The zero-order valence-corrected chi connectivity index (χ0v) is 9.85. The predicted molar refractivity (Wildman–Crippen MR) is 65.3 cm³/mol. The molecule has 0 unspecified atom stereocenters. The van der Waals surface area contributed by atoms with Gasteiger partial charge in [0.25, 0.3) is 0 Å². The first kappa shape index (κ1) is 10.8. The molecule has 2 rings (SSSR count). The summed E-state index contributed by atoms with van der Waals surface area (Å²) in [5.74, 6) is 0. The molecule has 0 aliphatic carbocycles. The molecule has 4 heteroatoms. The molecule has 2 aromatic heterocycles. The highest BCUT2D eigenvalue weighted by Gasteiger charge is 2.31. The van der Waals surface area contributed by atoms with Crippen molar-refractivity contribution in [3.63, 3.8) is 0 Å². The van der Waals surface area contributed by atoms with Gasteiger partial charge in [-0.1, -0.05) is 0 Å². The number of hydrogen-bond acceptors (Lipinski definition) is 4. The largest absolute Gasteiger partial charge is 0.380 e. The third-order valence-electron chi connectivity index (χ3n) is 2.50. The Morgan fingerprint density at radius 1 is 1.13 bits per heavy atom. The van der Waals surface area contributed by atoms with Crippen molar-refractivity contribution in [3.05, 3.63) is 44.8 Å². The monoisotopic (exact) mass is 239 g/mol. The Labute approximate surface area is 97.0 Å². The van der Waals surface area contributed by atoms with Crippen LogP contribution in [0, 0.1) is 0 Å². The molecule has 0 saturated heterocycles. The molecule has 0 aliphatic rings. The summed E-state index contributed by atoms with van der Waals surface area (Å²) in [4.78, 5) is 0. The Morgan fingerprint density at radius 3 is 2.00 bits per heavy atom.